The molecule has 0 bridgehead atoms. The topological polar surface area (TPSA) is 65.6 Å². The number of hydrogen-bond acceptors (Lipinski definition) is 4. The first-order chi connectivity index (χ1) is 13.0. The van der Waals surface area contributed by atoms with Gasteiger partial charge in [-0.15, -0.1) is 5.10 Å². The summed E-state index contributed by atoms with van der Waals surface area (Å²) in [5.41, 5.74) is 4.40. The Morgan fingerprint density at radius 2 is 1.67 bits per heavy atom. The van der Waals surface area contributed by atoms with Crippen molar-refractivity contribution < 1.29 is 9.18 Å². The predicted octanol–water partition coefficient (Wildman–Crippen LogP) is 3.77. The Bertz CT molecular complexity index is 1110. The van der Waals surface area contributed by atoms with Crippen molar-refractivity contribution in [2.24, 2.45) is 0 Å². The Hall–Kier alpha value is -3.61. The summed E-state index contributed by atoms with van der Waals surface area (Å²) in [4.78, 5) is 15.9. The predicted molar refractivity (Wildman–Crippen MR) is 98.6 cm³/mol. The van der Waals surface area contributed by atoms with E-state index < -0.39 is 0 Å². The molecule has 7 heteroatoms. The molecule has 6 nitrogen and oxygen atoms in total. The monoisotopic (exact) mass is 361 g/mol. The summed E-state index contributed by atoms with van der Waals surface area (Å²) < 4.78 is 16.7. The fraction of sp³-hybridized carbons (Fsp3) is 0.100. The second-order valence-electron chi connectivity index (χ2n) is 6.18. The van der Waals surface area contributed by atoms with Crippen LogP contribution in [-0.2, 0) is 0 Å². The van der Waals surface area contributed by atoms with Crippen LogP contribution in [0.25, 0.3) is 22.8 Å². The zero-order valence-electron chi connectivity index (χ0n) is 14.8. The van der Waals surface area contributed by atoms with Gasteiger partial charge in [0.05, 0.1) is 17.7 Å². The van der Waals surface area contributed by atoms with Gasteiger partial charge in [0.2, 0.25) is 0 Å². The Morgan fingerprint density at radius 1 is 1.00 bits per heavy atom. The Balaban J connectivity index is 1.72. The van der Waals surface area contributed by atoms with Gasteiger partial charge in [-0.25, -0.2) is 14.1 Å². The van der Waals surface area contributed by atoms with Crippen LogP contribution in [0, 0.1) is 12.7 Å². The van der Waals surface area contributed by atoms with Crippen molar-refractivity contribution in [3.63, 3.8) is 0 Å². The molecular weight excluding hydrogens is 345 g/mol. The smallest absolute Gasteiger partial charge is 0.159 e. The molecule has 0 fully saturated rings. The van der Waals surface area contributed by atoms with Crippen LogP contribution >= 0.6 is 0 Å². The van der Waals surface area contributed by atoms with Crippen molar-refractivity contribution >= 4 is 5.78 Å². The fourth-order valence-corrected chi connectivity index (χ4v) is 2.87. The van der Waals surface area contributed by atoms with Gasteiger partial charge in [0.25, 0.3) is 0 Å². The van der Waals surface area contributed by atoms with Crippen LogP contribution in [0.4, 0.5) is 4.39 Å². The number of ketones is 1. The van der Waals surface area contributed by atoms with Crippen molar-refractivity contribution in [1.29, 1.82) is 0 Å². The summed E-state index contributed by atoms with van der Waals surface area (Å²) in [6.45, 7) is 3.39. The van der Waals surface area contributed by atoms with E-state index in [1.165, 1.54) is 19.1 Å². The van der Waals surface area contributed by atoms with Crippen molar-refractivity contribution in [1.82, 2.24) is 24.5 Å². The molecule has 0 aliphatic heterocycles. The molecule has 4 aromatic rings. The number of aromatic nitrogens is 5. The Morgan fingerprint density at radius 3 is 2.33 bits per heavy atom. The summed E-state index contributed by atoms with van der Waals surface area (Å²) >= 11 is 0. The maximum atomic E-state index is 13.2. The number of nitrogens with zero attached hydrogens (tertiary/aromatic N) is 5. The number of rotatable bonds is 4. The highest BCUT2D eigenvalue weighted by atomic mass is 19.1. The molecule has 0 aliphatic carbocycles. The molecule has 0 amide bonds. The third-order valence-corrected chi connectivity index (χ3v) is 4.31. The first-order valence-corrected chi connectivity index (χ1v) is 8.37. The van der Waals surface area contributed by atoms with Crippen molar-refractivity contribution in [2.45, 2.75) is 13.8 Å². The second-order valence-corrected chi connectivity index (χ2v) is 6.18. The van der Waals surface area contributed by atoms with Crippen LogP contribution in [0.15, 0.2) is 61.1 Å². The number of carbonyl (C=O) groups excluding carboxylic acids is 1. The SMILES string of the molecule is CC(=O)c1ccc(-n2cnc(-c3c(C)nnn3-c3ccc(F)cc3)c2)cc1. The van der Waals surface area contributed by atoms with Crippen LogP contribution in [0.3, 0.4) is 0 Å². The molecule has 0 N–H and O–H groups in total. The summed E-state index contributed by atoms with van der Waals surface area (Å²) in [5.74, 6) is -0.284. The van der Waals surface area contributed by atoms with E-state index in [2.05, 4.69) is 15.3 Å². The Kier molecular flexibility index (Phi) is 4.12. The quantitative estimate of drug-likeness (QED) is 0.519. The third kappa shape index (κ3) is 3.15. The van der Waals surface area contributed by atoms with E-state index in [1.54, 1.807) is 35.3 Å². The average molecular weight is 361 g/mol. The number of benzene rings is 2. The van der Waals surface area contributed by atoms with E-state index in [1.807, 2.05) is 29.8 Å². The molecule has 2 aromatic heterocycles. The maximum absolute atomic E-state index is 13.2. The number of imidazole rings is 1. The minimum absolute atomic E-state index is 0.0257. The lowest BCUT2D eigenvalue weighted by Gasteiger charge is -2.05. The maximum Gasteiger partial charge on any atom is 0.159 e. The standard InChI is InChI=1S/C20H16FN5O/c1-13-20(26(24-23-13)18-9-5-16(21)6-10-18)19-11-25(12-22-19)17-7-3-15(4-8-17)14(2)27/h3-12H,1-2H3. The van der Waals surface area contributed by atoms with Crippen LogP contribution in [-0.4, -0.2) is 30.3 Å². The summed E-state index contributed by atoms with van der Waals surface area (Å²) in [6, 6.07) is 13.3. The lowest BCUT2D eigenvalue weighted by atomic mass is 10.1. The number of carbonyl (C=O) groups is 1. The van der Waals surface area contributed by atoms with E-state index >= 15 is 0 Å². The van der Waals surface area contributed by atoms with Gasteiger partial charge < -0.3 is 4.57 Å². The molecule has 27 heavy (non-hydrogen) atoms. The normalized spacial score (nSPS) is 10.9. The molecule has 0 atom stereocenters. The van der Waals surface area contributed by atoms with Gasteiger partial charge in [0.15, 0.2) is 5.78 Å². The van der Waals surface area contributed by atoms with Gasteiger partial charge in [-0.3, -0.25) is 4.79 Å². The molecule has 2 heterocycles. The van der Waals surface area contributed by atoms with E-state index in [-0.39, 0.29) is 11.6 Å². The van der Waals surface area contributed by atoms with Crippen molar-refractivity contribution in [3.8, 4) is 22.8 Å². The summed E-state index contributed by atoms with van der Waals surface area (Å²) in [7, 11) is 0. The molecule has 4 rings (SSSR count). The lowest BCUT2D eigenvalue weighted by molar-refractivity contribution is 0.101. The van der Waals surface area contributed by atoms with Crippen LogP contribution < -0.4 is 0 Å². The largest absolute Gasteiger partial charge is 0.306 e. The minimum atomic E-state index is -0.310. The third-order valence-electron chi connectivity index (χ3n) is 4.31. The second kappa shape index (κ2) is 6.60. The average Bonchev–Trinajstić information content (AvgIpc) is 3.29. The minimum Gasteiger partial charge on any atom is -0.306 e. The highest BCUT2D eigenvalue weighted by Gasteiger charge is 2.16. The zero-order valence-corrected chi connectivity index (χ0v) is 14.8. The number of halogens is 1. The molecule has 0 aliphatic rings. The van der Waals surface area contributed by atoms with Crippen molar-refractivity contribution in [2.75, 3.05) is 0 Å². The molecule has 2 aromatic carbocycles. The first kappa shape index (κ1) is 16.8. The number of hydrogen-bond donors (Lipinski definition) is 0. The van der Waals surface area contributed by atoms with E-state index in [0.717, 1.165) is 17.1 Å². The van der Waals surface area contributed by atoms with Crippen molar-refractivity contribution in [3.05, 3.63) is 78.1 Å². The molecule has 0 saturated carbocycles. The van der Waals surface area contributed by atoms with Gasteiger partial charge in [0, 0.05) is 17.4 Å². The van der Waals surface area contributed by atoms with Gasteiger partial charge in [-0.2, -0.15) is 0 Å². The molecule has 134 valence electrons. The fourth-order valence-electron chi connectivity index (χ4n) is 2.87. The lowest BCUT2D eigenvalue weighted by Crippen LogP contribution is -2.00. The molecule has 0 spiro atoms. The highest BCUT2D eigenvalue weighted by Crippen LogP contribution is 2.24. The molecular formula is C20H16FN5O. The summed E-state index contributed by atoms with van der Waals surface area (Å²) in [5, 5.41) is 8.30. The number of aryl methyl sites for hydroxylation is 1. The van der Waals surface area contributed by atoms with E-state index in [9.17, 15) is 9.18 Å². The zero-order chi connectivity index (χ0) is 19.0. The van der Waals surface area contributed by atoms with E-state index in [0.29, 0.717) is 16.9 Å². The van der Waals surface area contributed by atoms with Crippen LogP contribution in [0.1, 0.15) is 23.0 Å². The molecule has 0 radical (unpaired) electrons. The van der Waals surface area contributed by atoms with Crippen LogP contribution in [0.5, 0.6) is 0 Å². The van der Waals surface area contributed by atoms with Gasteiger partial charge in [0.1, 0.15) is 17.2 Å². The molecule has 0 saturated heterocycles. The molecule has 0 unspecified atom stereocenters. The van der Waals surface area contributed by atoms with Crippen LogP contribution in [0.2, 0.25) is 0 Å². The first-order valence-electron chi connectivity index (χ1n) is 8.37. The van der Waals surface area contributed by atoms with Gasteiger partial charge in [-0.1, -0.05) is 5.21 Å². The van der Waals surface area contributed by atoms with Gasteiger partial charge in [-0.05, 0) is 62.4 Å². The highest BCUT2D eigenvalue weighted by molar-refractivity contribution is 5.94. The summed E-state index contributed by atoms with van der Waals surface area (Å²) in [6.07, 6.45) is 3.56. The Labute approximate surface area is 154 Å². The van der Waals surface area contributed by atoms with Gasteiger partial charge >= 0.3 is 0 Å². The number of Topliss-reactive ketones (excluding diaryl/α,β-unsaturated/α-hetero) is 1. The van der Waals surface area contributed by atoms with E-state index in [4.69, 9.17) is 0 Å².